The van der Waals surface area contributed by atoms with E-state index in [0.717, 1.165) is 7.16 Å². The van der Waals surface area contributed by atoms with Gasteiger partial charge in [0.15, 0.2) is 0 Å². The molecule has 0 aliphatic carbocycles. The topological polar surface area (TPSA) is 0 Å². The number of hydrogen-bond acceptors (Lipinski definition) is 0. The third-order valence-electron chi connectivity index (χ3n) is 5.58. The van der Waals surface area contributed by atoms with E-state index in [1.165, 1.54) is 0 Å². The van der Waals surface area contributed by atoms with Gasteiger partial charge in [-0.3, -0.25) is 0 Å². The molecule has 0 saturated carbocycles. The molecular weight excluding hydrogens is 762 g/mol. The van der Waals surface area contributed by atoms with Crippen LogP contribution in [0.1, 0.15) is 0 Å². The first-order valence-electron chi connectivity index (χ1n) is 9.71. The molecule has 0 nitrogen and oxygen atoms in total. The zero-order valence-corrected chi connectivity index (χ0v) is 27.5. The van der Waals surface area contributed by atoms with Crippen LogP contribution in [0.15, 0.2) is 60.7 Å². The minimum absolute atomic E-state index is 0.0396. The van der Waals surface area contributed by atoms with Crippen LogP contribution in [-0.2, 0) is 0 Å². The zero-order valence-electron chi connectivity index (χ0n) is 17.1. The maximum absolute atomic E-state index is 6.94. The fourth-order valence-corrected chi connectivity index (χ4v) is 25.2. The second-order valence-corrected chi connectivity index (χ2v) is 21.6. The van der Waals surface area contributed by atoms with Gasteiger partial charge in [-0.1, -0.05) is 0 Å². The van der Waals surface area contributed by atoms with Gasteiger partial charge >= 0.3 is 260 Å². The quantitative estimate of drug-likeness (QED) is 0.110. The van der Waals surface area contributed by atoms with Gasteiger partial charge in [0.2, 0.25) is 0 Å². The molecule has 4 aromatic rings. The predicted octanol–water partition coefficient (Wildman–Crippen LogP) is 9.60. The van der Waals surface area contributed by atoms with Crippen molar-refractivity contribution in [1.29, 1.82) is 0 Å². The first kappa shape index (κ1) is 28.6. The van der Waals surface area contributed by atoms with Crippen molar-refractivity contribution in [3.63, 3.8) is 0 Å². The van der Waals surface area contributed by atoms with E-state index in [2.05, 4.69) is 0 Å². The van der Waals surface area contributed by atoms with Crippen molar-refractivity contribution in [3.8, 4) is 0 Å². The molecule has 0 fully saturated rings. The Kier molecular flexibility index (Phi) is 9.28. The second kappa shape index (κ2) is 11.4. The molecule has 0 amide bonds. The molecule has 0 heterocycles. The summed E-state index contributed by atoms with van der Waals surface area (Å²) < 4.78 is 2.75. The molecular formula is C24H10Cl10Sn. The molecule has 0 aliphatic heterocycles. The van der Waals surface area contributed by atoms with Crippen molar-refractivity contribution >= 4 is 149 Å². The first-order chi connectivity index (χ1) is 16.6. The molecule has 11 heteroatoms. The van der Waals surface area contributed by atoms with Gasteiger partial charge in [-0.25, -0.2) is 0 Å². The van der Waals surface area contributed by atoms with E-state index in [-0.39, 0.29) is 50.2 Å². The molecule has 35 heavy (non-hydrogen) atoms. The van der Waals surface area contributed by atoms with Gasteiger partial charge < -0.3 is 0 Å². The van der Waals surface area contributed by atoms with Gasteiger partial charge in [0.05, 0.1) is 0 Å². The summed E-state index contributed by atoms with van der Waals surface area (Å²) in [4.78, 5) is 0. The van der Waals surface area contributed by atoms with Crippen LogP contribution in [0, 0.1) is 0 Å². The molecule has 0 aliphatic rings. The van der Waals surface area contributed by atoms with Crippen LogP contribution in [0.3, 0.4) is 0 Å². The number of halogens is 10. The van der Waals surface area contributed by atoms with Crippen LogP contribution in [-0.4, -0.2) is 18.4 Å². The van der Waals surface area contributed by atoms with Crippen molar-refractivity contribution in [2.45, 2.75) is 0 Å². The summed E-state index contributed by atoms with van der Waals surface area (Å²) in [5, 5.41) is 0.886. The molecule has 0 radical (unpaired) electrons. The Morgan fingerprint density at radius 3 is 0.800 bits per heavy atom. The Labute approximate surface area is 256 Å². The van der Waals surface area contributed by atoms with Crippen molar-refractivity contribution in [1.82, 2.24) is 0 Å². The normalized spacial score (nSPS) is 11.7. The molecule has 0 spiro atoms. The van der Waals surface area contributed by atoms with Crippen LogP contribution >= 0.6 is 116 Å². The molecule has 0 atom stereocenters. The van der Waals surface area contributed by atoms with Crippen LogP contribution in [0.2, 0.25) is 50.2 Å². The van der Waals surface area contributed by atoms with E-state index < -0.39 is 18.4 Å². The van der Waals surface area contributed by atoms with E-state index in [1.807, 2.05) is 60.7 Å². The van der Waals surface area contributed by atoms with Crippen molar-refractivity contribution in [2.24, 2.45) is 0 Å². The number of rotatable bonds is 4. The van der Waals surface area contributed by atoms with Crippen LogP contribution < -0.4 is 14.3 Å². The summed E-state index contributed by atoms with van der Waals surface area (Å²) in [6.45, 7) is 0. The third kappa shape index (κ3) is 4.68. The number of benzene rings is 4. The van der Waals surface area contributed by atoms with E-state index in [0.29, 0.717) is 7.16 Å². The molecule has 0 saturated heterocycles. The monoisotopic (exact) mass is 768 g/mol. The van der Waals surface area contributed by atoms with E-state index in [9.17, 15) is 0 Å². The molecule has 4 aromatic carbocycles. The standard InChI is InChI=1S/2C6Cl5.2C6H5.Sn/c2*7-2-1-3(8)5(10)6(11)4(2)9;2*1-2-4-6-5-3-1;/h;;2*1-5H;. The molecule has 4 rings (SSSR count). The van der Waals surface area contributed by atoms with Crippen LogP contribution in [0.4, 0.5) is 0 Å². The van der Waals surface area contributed by atoms with Crippen molar-refractivity contribution in [3.05, 3.63) is 111 Å². The average molecular weight is 772 g/mol. The minimum atomic E-state index is -4.77. The molecule has 0 N–H and O–H groups in total. The van der Waals surface area contributed by atoms with Crippen molar-refractivity contribution in [2.75, 3.05) is 0 Å². The van der Waals surface area contributed by atoms with Crippen LogP contribution in [0.5, 0.6) is 0 Å². The number of hydrogen-bond donors (Lipinski definition) is 0. The Balaban J connectivity index is 2.41. The first-order valence-corrected chi connectivity index (χ1v) is 19.2. The Morgan fingerprint density at radius 2 is 0.543 bits per heavy atom. The summed E-state index contributed by atoms with van der Waals surface area (Å²) in [5.41, 5.74) is 0. The zero-order chi connectivity index (χ0) is 25.7. The SMILES string of the molecule is Clc1c(Cl)c(Cl)[c]([Sn]([c]2ccccc2)([c]2ccccc2)[c]2c(Cl)c(Cl)c(Cl)c(Cl)c2Cl)c(Cl)c1Cl. The fraction of sp³-hybridized carbons (Fsp3) is 0. The fourth-order valence-electron chi connectivity index (χ4n) is 4.11. The van der Waals surface area contributed by atoms with E-state index in [1.54, 1.807) is 0 Å². The second-order valence-electron chi connectivity index (χ2n) is 7.37. The van der Waals surface area contributed by atoms with Gasteiger partial charge in [-0.15, -0.1) is 0 Å². The third-order valence-corrected chi connectivity index (χ3v) is 25.9. The Hall–Kier alpha value is 0.579. The summed E-state index contributed by atoms with van der Waals surface area (Å²) in [5.74, 6) is 0. The van der Waals surface area contributed by atoms with Crippen LogP contribution in [0.25, 0.3) is 0 Å². The maximum atomic E-state index is 6.94. The molecule has 0 aromatic heterocycles. The van der Waals surface area contributed by atoms with Gasteiger partial charge in [0.1, 0.15) is 0 Å². The van der Waals surface area contributed by atoms with Crippen molar-refractivity contribution < 1.29 is 0 Å². The Bertz CT molecular complexity index is 1270. The van der Waals surface area contributed by atoms with Gasteiger partial charge in [-0.2, -0.15) is 0 Å². The predicted molar refractivity (Wildman–Crippen MR) is 160 cm³/mol. The molecule has 180 valence electrons. The van der Waals surface area contributed by atoms with E-state index >= 15 is 0 Å². The van der Waals surface area contributed by atoms with Gasteiger partial charge in [-0.05, 0) is 0 Å². The van der Waals surface area contributed by atoms with E-state index in [4.69, 9.17) is 116 Å². The molecule has 0 unspecified atom stereocenters. The summed E-state index contributed by atoms with van der Waals surface area (Å²) in [6, 6.07) is 19.2. The average Bonchev–Trinajstić information content (AvgIpc) is 2.88. The summed E-state index contributed by atoms with van der Waals surface area (Å²) >= 11 is 62.0. The molecule has 0 bridgehead atoms. The van der Waals surface area contributed by atoms with Gasteiger partial charge in [0, 0.05) is 0 Å². The Morgan fingerprint density at radius 1 is 0.314 bits per heavy atom. The summed E-state index contributed by atoms with van der Waals surface area (Å²) in [6.07, 6.45) is 0. The van der Waals surface area contributed by atoms with Gasteiger partial charge in [0.25, 0.3) is 0 Å². The summed E-state index contributed by atoms with van der Waals surface area (Å²) in [7, 11) is 0.